The van der Waals surface area contributed by atoms with E-state index in [4.69, 9.17) is 16.3 Å². The molecule has 2 aliphatic carbocycles. The highest BCUT2D eigenvalue weighted by Gasteiger charge is 2.57. The number of halogens is 1. The van der Waals surface area contributed by atoms with E-state index in [1.165, 1.54) is 25.7 Å². The van der Waals surface area contributed by atoms with Crippen LogP contribution in [0.15, 0.2) is 24.3 Å². The summed E-state index contributed by atoms with van der Waals surface area (Å²) >= 11 is 6.31. The second-order valence-corrected chi connectivity index (χ2v) is 8.58. The number of aryl methyl sites for hydroxylation is 1. The Bertz CT molecular complexity index is 850. The van der Waals surface area contributed by atoms with Gasteiger partial charge in [0.15, 0.2) is 0 Å². The molecule has 4 atom stereocenters. The maximum Gasteiger partial charge on any atom is 0.268 e. The van der Waals surface area contributed by atoms with Crippen molar-refractivity contribution >= 4 is 28.4 Å². The zero-order chi connectivity index (χ0) is 17.8. The third-order valence-electron chi connectivity index (χ3n) is 6.95. The Morgan fingerprint density at radius 2 is 2.08 bits per heavy atom. The Labute approximate surface area is 158 Å². The number of hydrogen-bond acceptors (Lipinski definition) is 2. The van der Waals surface area contributed by atoms with Crippen molar-refractivity contribution in [2.24, 2.45) is 24.8 Å². The zero-order valence-electron chi connectivity index (χ0n) is 15.1. The van der Waals surface area contributed by atoms with Crippen LogP contribution in [-0.2, 0) is 11.8 Å². The van der Waals surface area contributed by atoms with Gasteiger partial charge in [-0.3, -0.25) is 4.79 Å². The van der Waals surface area contributed by atoms with Gasteiger partial charge in [0, 0.05) is 47.5 Å². The van der Waals surface area contributed by atoms with E-state index in [-0.39, 0.29) is 11.9 Å². The molecule has 0 spiro atoms. The molecule has 1 aliphatic heterocycles. The smallest absolute Gasteiger partial charge is 0.268 e. The van der Waals surface area contributed by atoms with Crippen LogP contribution in [0, 0.1) is 17.8 Å². The van der Waals surface area contributed by atoms with Crippen LogP contribution in [0.4, 0.5) is 0 Å². The minimum atomic E-state index is 0.0121. The van der Waals surface area contributed by atoms with Gasteiger partial charge in [-0.15, -0.1) is 0 Å². The summed E-state index contributed by atoms with van der Waals surface area (Å²) in [6, 6.07) is 7.97. The molecule has 2 saturated carbocycles. The molecule has 5 rings (SSSR count). The summed E-state index contributed by atoms with van der Waals surface area (Å²) < 4.78 is 7.95. The van der Waals surface area contributed by atoms with Gasteiger partial charge in [0.1, 0.15) is 5.69 Å². The van der Waals surface area contributed by atoms with Crippen LogP contribution >= 0.6 is 11.6 Å². The highest BCUT2D eigenvalue weighted by Crippen LogP contribution is 2.51. The second kappa shape index (κ2) is 6.28. The van der Waals surface area contributed by atoms with Gasteiger partial charge < -0.3 is 14.6 Å². The molecule has 26 heavy (non-hydrogen) atoms. The maximum atomic E-state index is 13.1. The van der Waals surface area contributed by atoms with Crippen molar-refractivity contribution < 1.29 is 9.53 Å². The van der Waals surface area contributed by atoms with Crippen molar-refractivity contribution in [1.29, 1.82) is 0 Å². The van der Waals surface area contributed by atoms with Crippen molar-refractivity contribution in [3.8, 4) is 0 Å². The predicted octanol–water partition coefficient (Wildman–Crippen LogP) is 4.16. The first-order valence-corrected chi connectivity index (χ1v) is 10.2. The number of aromatic nitrogens is 1. The molecule has 0 radical (unpaired) electrons. The van der Waals surface area contributed by atoms with Crippen LogP contribution < -0.4 is 5.32 Å². The molecule has 3 aliphatic rings. The van der Waals surface area contributed by atoms with Gasteiger partial charge in [-0.2, -0.15) is 0 Å². The molecule has 2 heterocycles. The highest BCUT2D eigenvalue weighted by molar-refractivity contribution is 6.35. The number of benzene rings is 1. The Balaban J connectivity index is 1.41. The maximum absolute atomic E-state index is 13.1. The van der Waals surface area contributed by atoms with Gasteiger partial charge in [-0.1, -0.05) is 43.4 Å². The quantitative estimate of drug-likeness (QED) is 0.879. The molecular weight excluding hydrogens is 348 g/mol. The van der Waals surface area contributed by atoms with Crippen LogP contribution in [0.2, 0.25) is 5.02 Å². The van der Waals surface area contributed by atoms with E-state index in [9.17, 15) is 4.79 Å². The van der Waals surface area contributed by atoms with E-state index >= 15 is 0 Å². The van der Waals surface area contributed by atoms with Gasteiger partial charge in [0.25, 0.3) is 5.91 Å². The standard InChI is InChI=1S/C21H25ClN2O2/c1-24-16-8-4-7-15(22)14(16)11-17(24)21(25)23-19-13-9-10-26-20(13)18(19)12-5-2-3-6-12/h4,7-8,11-13,18-20H,2-3,5-6,9-10H2,1H3,(H,23,25)/t13-,18+,19+,20-/m0/s1. The first-order valence-electron chi connectivity index (χ1n) is 9.81. The zero-order valence-corrected chi connectivity index (χ0v) is 15.8. The number of carbonyl (C=O) groups is 1. The molecule has 138 valence electrons. The number of nitrogens with one attached hydrogen (secondary N) is 1. The van der Waals surface area contributed by atoms with Crippen molar-refractivity contribution in [1.82, 2.24) is 9.88 Å². The summed E-state index contributed by atoms with van der Waals surface area (Å²) in [4.78, 5) is 13.1. The number of amides is 1. The molecule has 0 bridgehead atoms. The minimum Gasteiger partial charge on any atom is -0.377 e. The highest BCUT2D eigenvalue weighted by atomic mass is 35.5. The number of nitrogens with zero attached hydrogens (tertiary/aromatic N) is 1. The number of ether oxygens (including phenoxy) is 1. The third-order valence-corrected chi connectivity index (χ3v) is 7.28. The summed E-state index contributed by atoms with van der Waals surface area (Å²) in [5.74, 6) is 1.70. The molecule has 5 heteroatoms. The Hall–Kier alpha value is -1.52. The number of rotatable bonds is 3. The Morgan fingerprint density at radius 1 is 1.27 bits per heavy atom. The third kappa shape index (κ3) is 2.42. The van der Waals surface area contributed by atoms with Crippen molar-refractivity contribution in [3.63, 3.8) is 0 Å². The first-order chi connectivity index (χ1) is 12.6. The summed E-state index contributed by atoms with van der Waals surface area (Å²) in [5.41, 5.74) is 1.67. The molecular formula is C21H25ClN2O2. The van der Waals surface area contributed by atoms with Crippen LogP contribution in [0.5, 0.6) is 0 Å². The first kappa shape index (κ1) is 16.6. The predicted molar refractivity (Wildman–Crippen MR) is 102 cm³/mol. The molecule has 1 amide bonds. The molecule has 4 nitrogen and oxygen atoms in total. The van der Waals surface area contributed by atoms with Crippen LogP contribution in [0.1, 0.15) is 42.6 Å². The van der Waals surface area contributed by atoms with Crippen LogP contribution in [0.25, 0.3) is 10.9 Å². The lowest BCUT2D eigenvalue weighted by Gasteiger charge is -2.50. The molecule has 1 saturated heterocycles. The summed E-state index contributed by atoms with van der Waals surface area (Å²) in [5, 5.41) is 4.99. The lowest BCUT2D eigenvalue weighted by molar-refractivity contribution is -0.0785. The molecule has 1 N–H and O–H groups in total. The average Bonchev–Trinajstić information content (AvgIpc) is 3.34. The molecule has 0 unspecified atom stereocenters. The number of carbonyl (C=O) groups excluding carboxylic acids is 1. The monoisotopic (exact) mass is 372 g/mol. The fourth-order valence-electron chi connectivity index (χ4n) is 5.63. The van der Waals surface area contributed by atoms with E-state index < -0.39 is 0 Å². The van der Waals surface area contributed by atoms with Gasteiger partial charge >= 0.3 is 0 Å². The molecule has 1 aromatic heterocycles. The summed E-state index contributed by atoms with van der Waals surface area (Å²) in [7, 11) is 1.93. The topological polar surface area (TPSA) is 43.3 Å². The van der Waals surface area contributed by atoms with E-state index in [0.29, 0.717) is 34.6 Å². The van der Waals surface area contributed by atoms with Gasteiger partial charge in [-0.25, -0.2) is 0 Å². The lowest BCUT2D eigenvalue weighted by Crippen LogP contribution is -2.63. The number of fused-ring (bicyclic) bond motifs is 2. The van der Waals surface area contributed by atoms with Crippen LogP contribution in [0.3, 0.4) is 0 Å². The summed E-state index contributed by atoms with van der Waals surface area (Å²) in [6.45, 7) is 0.842. The largest absolute Gasteiger partial charge is 0.377 e. The van der Waals surface area contributed by atoms with E-state index in [2.05, 4.69) is 5.32 Å². The van der Waals surface area contributed by atoms with Gasteiger partial charge in [-0.05, 0) is 30.5 Å². The molecule has 3 fully saturated rings. The van der Waals surface area contributed by atoms with Crippen molar-refractivity contribution in [2.45, 2.75) is 44.2 Å². The fraction of sp³-hybridized carbons (Fsp3) is 0.571. The minimum absolute atomic E-state index is 0.0121. The van der Waals surface area contributed by atoms with E-state index in [1.54, 1.807) is 0 Å². The Morgan fingerprint density at radius 3 is 2.85 bits per heavy atom. The SMILES string of the molecule is Cn1c(C(=O)N[C@@H]2[C@@H]3CCO[C@@H]3[C@@H]2C2CCCC2)cc2c(Cl)cccc21. The summed E-state index contributed by atoms with van der Waals surface area (Å²) in [6.07, 6.45) is 6.65. The fourth-order valence-corrected chi connectivity index (χ4v) is 5.85. The number of hydrogen-bond donors (Lipinski definition) is 1. The lowest BCUT2D eigenvalue weighted by atomic mass is 9.61. The van der Waals surface area contributed by atoms with Gasteiger partial charge in [0.05, 0.1) is 6.10 Å². The van der Waals surface area contributed by atoms with Crippen LogP contribution in [-0.4, -0.2) is 29.2 Å². The van der Waals surface area contributed by atoms with Crippen molar-refractivity contribution in [3.05, 3.63) is 35.0 Å². The van der Waals surface area contributed by atoms with E-state index in [1.807, 2.05) is 35.9 Å². The average molecular weight is 373 g/mol. The molecule has 2 aromatic rings. The van der Waals surface area contributed by atoms with Gasteiger partial charge in [0.2, 0.25) is 0 Å². The molecule has 1 aromatic carbocycles. The van der Waals surface area contributed by atoms with Crippen molar-refractivity contribution in [2.75, 3.05) is 6.61 Å². The Kier molecular flexibility index (Phi) is 4.02. The normalized spacial score (nSPS) is 31.2. The van der Waals surface area contributed by atoms with E-state index in [0.717, 1.165) is 23.9 Å². The second-order valence-electron chi connectivity index (χ2n) is 8.17.